The third-order valence-corrected chi connectivity index (χ3v) is 7.83. The molecule has 4 nitrogen and oxygen atoms in total. The van der Waals surface area contributed by atoms with E-state index in [0.717, 1.165) is 37.7 Å². The summed E-state index contributed by atoms with van der Waals surface area (Å²) in [6.07, 6.45) is 0. The molecule has 1 heterocycles. The molecule has 0 atom stereocenters. The lowest BCUT2D eigenvalue weighted by atomic mass is 10.0. The molecule has 0 saturated heterocycles. The molecule has 4 aromatic carbocycles. The van der Waals surface area contributed by atoms with Gasteiger partial charge in [0.15, 0.2) is 0 Å². The second kappa shape index (κ2) is 10.2. The number of aryl methyl sites for hydroxylation is 2. The van der Waals surface area contributed by atoms with Crippen LogP contribution in [-0.4, -0.2) is 11.8 Å². The number of benzene rings is 4. The maximum absolute atomic E-state index is 13.8. The monoisotopic (exact) mass is 512 g/mol. The highest BCUT2D eigenvalue weighted by molar-refractivity contribution is 7.99. The number of halogens is 1. The van der Waals surface area contributed by atoms with Crippen LogP contribution in [0, 0.1) is 13.8 Å². The van der Waals surface area contributed by atoms with Crippen molar-refractivity contribution < 1.29 is 9.59 Å². The fraction of sp³-hybridized carbons (Fsp3) is 0.133. The standard InChI is InChI=1S/C30H25ClN2O2S/c1-19-11-12-20(2)23(15-19)18-33-26-16-21(29(34)32-17-22-7-3-5-9-25(22)31)13-14-28(26)36-27-10-6-4-8-24(27)30(33)35/h3-16H,17-18H2,1-2H3,(H,32,34). The van der Waals surface area contributed by atoms with Crippen molar-refractivity contribution in [2.75, 3.05) is 4.90 Å². The minimum absolute atomic E-state index is 0.0774. The lowest BCUT2D eigenvalue weighted by molar-refractivity contribution is 0.0947. The van der Waals surface area contributed by atoms with Crippen LogP contribution >= 0.6 is 23.4 Å². The Morgan fingerprint density at radius 1 is 0.889 bits per heavy atom. The van der Waals surface area contributed by atoms with Crippen LogP contribution in [0.2, 0.25) is 5.02 Å². The molecule has 1 aliphatic rings. The number of rotatable bonds is 5. The number of nitrogens with zero attached hydrogens (tertiary/aromatic N) is 1. The second-order valence-electron chi connectivity index (χ2n) is 8.88. The van der Waals surface area contributed by atoms with Gasteiger partial charge in [-0.3, -0.25) is 9.59 Å². The van der Waals surface area contributed by atoms with E-state index in [9.17, 15) is 9.59 Å². The Balaban J connectivity index is 1.52. The number of carbonyl (C=O) groups excluding carboxylic acids is 2. The molecule has 6 heteroatoms. The summed E-state index contributed by atoms with van der Waals surface area (Å²) in [5, 5.41) is 3.56. The number of hydrogen-bond acceptors (Lipinski definition) is 3. The van der Waals surface area contributed by atoms with E-state index < -0.39 is 0 Å². The first-order valence-corrected chi connectivity index (χ1v) is 12.9. The first-order valence-electron chi connectivity index (χ1n) is 11.7. The topological polar surface area (TPSA) is 49.4 Å². The highest BCUT2D eigenvalue weighted by atomic mass is 35.5. The Kier molecular flexibility index (Phi) is 6.86. The summed E-state index contributed by atoms with van der Waals surface area (Å²) in [5.74, 6) is -0.296. The first-order chi connectivity index (χ1) is 17.4. The molecule has 36 heavy (non-hydrogen) atoms. The Labute approximate surface area is 220 Å². The maximum atomic E-state index is 13.8. The molecule has 0 fully saturated rings. The molecule has 0 aliphatic carbocycles. The van der Waals surface area contributed by atoms with Crippen LogP contribution in [0.1, 0.15) is 43.0 Å². The van der Waals surface area contributed by atoms with E-state index in [0.29, 0.717) is 29.2 Å². The summed E-state index contributed by atoms with van der Waals surface area (Å²) in [7, 11) is 0. The van der Waals surface area contributed by atoms with Gasteiger partial charge in [0.2, 0.25) is 0 Å². The van der Waals surface area contributed by atoms with Crippen LogP contribution in [0.3, 0.4) is 0 Å². The van der Waals surface area contributed by atoms with E-state index in [1.54, 1.807) is 22.7 Å². The van der Waals surface area contributed by atoms with E-state index in [4.69, 9.17) is 11.6 Å². The van der Waals surface area contributed by atoms with Gasteiger partial charge in [-0.2, -0.15) is 0 Å². The van der Waals surface area contributed by atoms with Gasteiger partial charge in [-0.05, 0) is 66.9 Å². The smallest absolute Gasteiger partial charge is 0.259 e. The normalized spacial score (nSPS) is 12.5. The van der Waals surface area contributed by atoms with Gasteiger partial charge >= 0.3 is 0 Å². The molecule has 2 amide bonds. The summed E-state index contributed by atoms with van der Waals surface area (Å²) in [6, 6.07) is 26.9. The Bertz CT molecular complexity index is 1480. The summed E-state index contributed by atoms with van der Waals surface area (Å²) in [4.78, 5) is 30.6. The van der Waals surface area contributed by atoms with E-state index in [1.165, 1.54) is 0 Å². The van der Waals surface area contributed by atoms with Gasteiger partial charge in [0.25, 0.3) is 11.8 Å². The van der Waals surface area contributed by atoms with E-state index in [1.807, 2.05) is 67.6 Å². The summed E-state index contributed by atoms with van der Waals surface area (Å²) >= 11 is 7.80. The third kappa shape index (κ3) is 4.90. The molecule has 1 aliphatic heterocycles. The predicted octanol–water partition coefficient (Wildman–Crippen LogP) is 7.20. The average Bonchev–Trinajstić information content (AvgIpc) is 2.99. The predicted molar refractivity (Wildman–Crippen MR) is 146 cm³/mol. The summed E-state index contributed by atoms with van der Waals surface area (Å²) in [5.41, 5.74) is 6.06. The molecule has 0 saturated carbocycles. The number of nitrogens with one attached hydrogen (secondary N) is 1. The SMILES string of the molecule is Cc1ccc(C)c(CN2C(=O)c3ccccc3Sc3ccc(C(=O)NCc4ccccc4Cl)cc32)c1. The highest BCUT2D eigenvalue weighted by Crippen LogP contribution is 2.42. The number of carbonyl (C=O) groups is 2. The van der Waals surface area contributed by atoms with Crippen molar-refractivity contribution in [2.45, 2.75) is 36.7 Å². The zero-order valence-corrected chi connectivity index (χ0v) is 21.6. The van der Waals surface area contributed by atoms with Crippen molar-refractivity contribution >= 4 is 40.9 Å². The molecule has 4 aromatic rings. The van der Waals surface area contributed by atoms with Crippen LogP contribution in [0.25, 0.3) is 0 Å². The van der Waals surface area contributed by atoms with Gasteiger partial charge in [0.1, 0.15) is 0 Å². The fourth-order valence-electron chi connectivity index (χ4n) is 4.28. The van der Waals surface area contributed by atoms with Crippen molar-refractivity contribution in [1.82, 2.24) is 5.32 Å². The van der Waals surface area contributed by atoms with Gasteiger partial charge < -0.3 is 10.2 Å². The quantitative estimate of drug-likeness (QED) is 0.307. The minimum atomic E-state index is -0.219. The molecule has 0 bridgehead atoms. The summed E-state index contributed by atoms with van der Waals surface area (Å²) in [6.45, 7) is 4.84. The zero-order chi connectivity index (χ0) is 25.2. The van der Waals surface area contributed by atoms with Crippen LogP contribution in [0.4, 0.5) is 5.69 Å². The minimum Gasteiger partial charge on any atom is -0.348 e. The molecular formula is C30H25ClN2O2S. The Morgan fingerprint density at radius 2 is 1.67 bits per heavy atom. The Hall–Kier alpha value is -3.54. The number of anilines is 1. The molecule has 180 valence electrons. The molecule has 0 unspecified atom stereocenters. The van der Waals surface area contributed by atoms with Gasteiger partial charge in [-0.1, -0.05) is 77.5 Å². The fourth-order valence-corrected chi connectivity index (χ4v) is 5.54. The number of hydrogen-bond donors (Lipinski definition) is 1. The summed E-state index contributed by atoms with van der Waals surface area (Å²) < 4.78 is 0. The molecule has 0 spiro atoms. The zero-order valence-electron chi connectivity index (χ0n) is 20.0. The van der Waals surface area contributed by atoms with E-state index in [-0.39, 0.29) is 11.8 Å². The van der Waals surface area contributed by atoms with Gasteiger partial charge in [0.05, 0.1) is 17.8 Å². The Morgan fingerprint density at radius 3 is 2.50 bits per heavy atom. The van der Waals surface area contributed by atoms with E-state index >= 15 is 0 Å². The van der Waals surface area contributed by atoms with Crippen molar-refractivity contribution in [3.63, 3.8) is 0 Å². The second-order valence-corrected chi connectivity index (χ2v) is 10.4. The molecular weight excluding hydrogens is 488 g/mol. The average molecular weight is 513 g/mol. The van der Waals surface area contributed by atoms with Gasteiger partial charge in [-0.25, -0.2) is 0 Å². The van der Waals surface area contributed by atoms with Crippen LogP contribution in [0.5, 0.6) is 0 Å². The van der Waals surface area contributed by atoms with Gasteiger partial charge in [0, 0.05) is 26.9 Å². The largest absolute Gasteiger partial charge is 0.348 e. The molecule has 0 aromatic heterocycles. The highest BCUT2D eigenvalue weighted by Gasteiger charge is 2.28. The van der Waals surface area contributed by atoms with Crippen LogP contribution in [-0.2, 0) is 13.1 Å². The van der Waals surface area contributed by atoms with Crippen molar-refractivity contribution in [1.29, 1.82) is 0 Å². The maximum Gasteiger partial charge on any atom is 0.259 e. The van der Waals surface area contributed by atoms with Crippen LogP contribution in [0.15, 0.2) is 94.7 Å². The molecule has 0 radical (unpaired) electrons. The lowest BCUT2D eigenvalue weighted by Crippen LogP contribution is -2.31. The molecule has 1 N–H and O–H groups in total. The van der Waals surface area contributed by atoms with Crippen LogP contribution < -0.4 is 10.2 Å². The lowest BCUT2D eigenvalue weighted by Gasteiger charge is -2.25. The van der Waals surface area contributed by atoms with E-state index in [2.05, 4.69) is 30.4 Å². The number of amides is 2. The number of fused-ring (bicyclic) bond motifs is 2. The molecule has 5 rings (SSSR count). The first kappa shape index (κ1) is 24.2. The third-order valence-electron chi connectivity index (χ3n) is 6.32. The van der Waals surface area contributed by atoms with Crippen molar-refractivity contribution in [3.05, 3.63) is 123 Å². The van der Waals surface area contributed by atoms with Crippen molar-refractivity contribution in [2.24, 2.45) is 0 Å². The van der Waals surface area contributed by atoms with Gasteiger partial charge in [-0.15, -0.1) is 0 Å². The van der Waals surface area contributed by atoms with Crippen molar-refractivity contribution in [3.8, 4) is 0 Å².